The highest BCUT2D eigenvalue weighted by Crippen LogP contribution is 2.34. The van der Waals surface area contributed by atoms with Crippen molar-refractivity contribution in [3.05, 3.63) is 0 Å². The van der Waals surface area contributed by atoms with E-state index in [2.05, 4.69) is 11.8 Å². The average Bonchev–Trinajstić information content (AvgIpc) is 2.48. The molecule has 0 aromatic carbocycles. The third kappa shape index (κ3) is 2.05. The topological polar surface area (TPSA) is 23.5 Å². The van der Waals surface area contributed by atoms with Crippen LogP contribution in [0.2, 0.25) is 0 Å². The standard InChI is InChI=1S/C11H21NO/c1-9-6-11(7-9)12-4-2-10(8-12)3-5-13/h9-11,13H,2-8H2,1H3. The number of rotatable bonds is 3. The van der Waals surface area contributed by atoms with Crippen molar-refractivity contribution in [3.8, 4) is 0 Å². The van der Waals surface area contributed by atoms with Gasteiger partial charge in [-0.05, 0) is 44.1 Å². The van der Waals surface area contributed by atoms with Gasteiger partial charge in [0.1, 0.15) is 0 Å². The van der Waals surface area contributed by atoms with E-state index in [0.29, 0.717) is 6.61 Å². The quantitative estimate of drug-likeness (QED) is 0.716. The number of likely N-dealkylation sites (tertiary alicyclic amines) is 1. The molecule has 2 nitrogen and oxygen atoms in total. The van der Waals surface area contributed by atoms with Crippen molar-refractivity contribution in [3.63, 3.8) is 0 Å². The Labute approximate surface area is 80.9 Å². The van der Waals surface area contributed by atoms with Gasteiger partial charge >= 0.3 is 0 Å². The highest BCUT2D eigenvalue weighted by Gasteiger charge is 2.34. The maximum absolute atomic E-state index is 8.85. The third-order valence-electron chi connectivity index (χ3n) is 3.72. The second kappa shape index (κ2) is 3.97. The number of nitrogens with zero attached hydrogens (tertiary/aromatic N) is 1. The highest BCUT2D eigenvalue weighted by molar-refractivity contribution is 4.89. The highest BCUT2D eigenvalue weighted by atomic mass is 16.3. The summed E-state index contributed by atoms with van der Waals surface area (Å²) in [5.41, 5.74) is 0. The average molecular weight is 183 g/mol. The first-order chi connectivity index (χ1) is 6.29. The second-order valence-electron chi connectivity index (χ2n) is 4.89. The van der Waals surface area contributed by atoms with Gasteiger partial charge in [-0.2, -0.15) is 0 Å². The van der Waals surface area contributed by atoms with E-state index >= 15 is 0 Å². The van der Waals surface area contributed by atoms with Crippen molar-refractivity contribution in [2.75, 3.05) is 19.7 Å². The summed E-state index contributed by atoms with van der Waals surface area (Å²) in [6.07, 6.45) is 5.14. The van der Waals surface area contributed by atoms with Crippen LogP contribution >= 0.6 is 0 Å². The molecular weight excluding hydrogens is 162 g/mol. The molecule has 0 bridgehead atoms. The molecular formula is C11H21NO. The van der Waals surface area contributed by atoms with Gasteiger partial charge in [0.2, 0.25) is 0 Å². The van der Waals surface area contributed by atoms with E-state index in [-0.39, 0.29) is 0 Å². The van der Waals surface area contributed by atoms with Gasteiger partial charge in [-0.1, -0.05) is 6.92 Å². The molecule has 0 aromatic rings. The first-order valence-corrected chi connectivity index (χ1v) is 5.64. The molecule has 1 heterocycles. The Bertz CT molecular complexity index is 165. The molecule has 1 saturated heterocycles. The molecule has 1 aliphatic carbocycles. The van der Waals surface area contributed by atoms with Crippen LogP contribution in [0, 0.1) is 11.8 Å². The van der Waals surface area contributed by atoms with Gasteiger partial charge in [-0.15, -0.1) is 0 Å². The zero-order chi connectivity index (χ0) is 9.26. The van der Waals surface area contributed by atoms with Gasteiger partial charge in [-0.3, -0.25) is 0 Å². The Hall–Kier alpha value is -0.0800. The fourth-order valence-corrected chi connectivity index (χ4v) is 2.77. The van der Waals surface area contributed by atoms with Crippen molar-refractivity contribution in [1.29, 1.82) is 0 Å². The Morgan fingerprint density at radius 3 is 2.77 bits per heavy atom. The molecule has 0 spiro atoms. The maximum atomic E-state index is 8.85. The fraction of sp³-hybridized carbons (Fsp3) is 1.00. The summed E-state index contributed by atoms with van der Waals surface area (Å²) in [4.78, 5) is 2.64. The van der Waals surface area contributed by atoms with Crippen LogP contribution in [0.4, 0.5) is 0 Å². The summed E-state index contributed by atoms with van der Waals surface area (Å²) in [5.74, 6) is 1.74. The number of hydrogen-bond acceptors (Lipinski definition) is 2. The van der Waals surface area contributed by atoms with Crippen LogP contribution in [-0.2, 0) is 0 Å². The molecule has 76 valence electrons. The minimum Gasteiger partial charge on any atom is -0.396 e. The van der Waals surface area contributed by atoms with Crippen molar-refractivity contribution < 1.29 is 5.11 Å². The monoisotopic (exact) mass is 183 g/mol. The first-order valence-electron chi connectivity index (χ1n) is 5.64. The first kappa shape index (κ1) is 9.47. The Morgan fingerprint density at radius 2 is 2.15 bits per heavy atom. The van der Waals surface area contributed by atoms with Crippen LogP contribution < -0.4 is 0 Å². The second-order valence-corrected chi connectivity index (χ2v) is 4.89. The molecule has 0 radical (unpaired) electrons. The predicted molar refractivity (Wildman–Crippen MR) is 53.6 cm³/mol. The van der Waals surface area contributed by atoms with Crippen molar-refractivity contribution in [2.24, 2.45) is 11.8 Å². The van der Waals surface area contributed by atoms with E-state index in [1.807, 2.05) is 0 Å². The Morgan fingerprint density at radius 1 is 1.38 bits per heavy atom. The SMILES string of the molecule is CC1CC(N2CCC(CCO)C2)C1. The van der Waals surface area contributed by atoms with E-state index < -0.39 is 0 Å². The molecule has 1 atom stereocenters. The normalized spacial score (nSPS) is 40.6. The zero-order valence-corrected chi connectivity index (χ0v) is 8.58. The number of aliphatic hydroxyl groups is 1. The van der Waals surface area contributed by atoms with Gasteiger partial charge in [0.25, 0.3) is 0 Å². The summed E-state index contributed by atoms with van der Waals surface area (Å²) in [5, 5.41) is 8.85. The summed E-state index contributed by atoms with van der Waals surface area (Å²) in [7, 11) is 0. The lowest BCUT2D eigenvalue weighted by Gasteiger charge is -2.39. The molecule has 2 rings (SSSR count). The van der Waals surface area contributed by atoms with E-state index in [1.165, 1.54) is 32.4 Å². The van der Waals surface area contributed by atoms with Crippen LogP contribution in [0.5, 0.6) is 0 Å². The van der Waals surface area contributed by atoms with E-state index in [4.69, 9.17) is 5.11 Å². The fourth-order valence-electron chi connectivity index (χ4n) is 2.77. The lowest BCUT2D eigenvalue weighted by atomic mass is 9.81. The summed E-state index contributed by atoms with van der Waals surface area (Å²) in [6.45, 7) is 5.25. The van der Waals surface area contributed by atoms with Crippen molar-refractivity contribution in [1.82, 2.24) is 4.90 Å². The Balaban J connectivity index is 1.72. The molecule has 1 saturated carbocycles. The maximum Gasteiger partial charge on any atom is 0.0434 e. The lowest BCUT2D eigenvalue weighted by molar-refractivity contribution is 0.104. The van der Waals surface area contributed by atoms with Crippen molar-refractivity contribution >= 4 is 0 Å². The van der Waals surface area contributed by atoms with Crippen LogP contribution in [0.1, 0.15) is 32.6 Å². The summed E-state index contributed by atoms with van der Waals surface area (Å²) < 4.78 is 0. The van der Waals surface area contributed by atoms with Crippen LogP contribution in [0.3, 0.4) is 0 Å². The van der Waals surface area contributed by atoms with E-state index in [9.17, 15) is 0 Å². The predicted octanol–water partition coefficient (Wildman–Crippen LogP) is 1.49. The van der Waals surface area contributed by atoms with Crippen molar-refractivity contribution in [2.45, 2.75) is 38.6 Å². The van der Waals surface area contributed by atoms with Gasteiger partial charge in [0.15, 0.2) is 0 Å². The van der Waals surface area contributed by atoms with E-state index in [1.54, 1.807) is 0 Å². The molecule has 1 aliphatic heterocycles. The molecule has 2 fully saturated rings. The minimum atomic E-state index is 0.375. The number of hydrogen-bond donors (Lipinski definition) is 1. The minimum absolute atomic E-state index is 0.375. The molecule has 1 unspecified atom stereocenters. The summed E-state index contributed by atoms with van der Waals surface area (Å²) >= 11 is 0. The number of aliphatic hydroxyl groups excluding tert-OH is 1. The van der Waals surface area contributed by atoms with Gasteiger partial charge < -0.3 is 10.0 Å². The van der Waals surface area contributed by atoms with Crippen LogP contribution in [0.15, 0.2) is 0 Å². The molecule has 2 aliphatic rings. The molecule has 13 heavy (non-hydrogen) atoms. The Kier molecular flexibility index (Phi) is 2.89. The largest absolute Gasteiger partial charge is 0.396 e. The van der Waals surface area contributed by atoms with Gasteiger partial charge in [0, 0.05) is 19.2 Å². The molecule has 0 amide bonds. The lowest BCUT2D eigenvalue weighted by Crippen LogP contribution is -2.42. The smallest absolute Gasteiger partial charge is 0.0434 e. The molecule has 2 heteroatoms. The molecule has 0 aromatic heterocycles. The summed E-state index contributed by atoms with van der Waals surface area (Å²) in [6, 6.07) is 0.888. The van der Waals surface area contributed by atoms with Gasteiger partial charge in [-0.25, -0.2) is 0 Å². The third-order valence-corrected chi connectivity index (χ3v) is 3.72. The van der Waals surface area contributed by atoms with Gasteiger partial charge in [0.05, 0.1) is 0 Å². The van der Waals surface area contributed by atoms with Crippen LogP contribution in [-0.4, -0.2) is 35.7 Å². The zero-order valence-electron chi connectivity index (χ0n) is 8.58. The van der Waals surface area contributed by atoms with Crippen LogP contribution in [0.25, 0.3) is 0 Å². The molecule has 1 N–H and O–H groups in total. The van der Waals surface area contributed by atoms with E-state index in [0.717, 1.165) is 24.3 Å².